The quantitative estimate of drug-likeness (QED) is 0.840. The van der Waals surface area contributed by atoms with Crippen molar-refractivity contribution in [2.75, 3.05) is 7.11 Å². The summed E-state index contributed by atoms with van der Waals surface area (Å²) in [5, 5.41) is 7.97. The molecule has 1 heterocycles. The van der Waals surface area contributed by atoms with Crippen LogP contribution in [0, 0.1) is 6.92 Å². The van der Waals surface area contributed by atoms with Gasteiger partial charge in [-0.15, -0.1) is 5.10 Å². The number of hydrogen-bond donors (Lipinski definition) is 0. The first-order valence-electron chi connectivity index (χ1n) is 4.81. The Hall–Kier alpha value is -1.39. The number of rotatable bonds is 2. The molecule has 4 nitrogen and oxygen atoms in total. The van der Waals surface area contributed by atoms with Crippen molar-refractivity contribution in [3.05, 3.63) is 34.2 Å². The van der Waals surface area contributed by atoms with Gasteiger partial charge >= 0.3 is 0 Å². The van der Waals surface area contributed by atoms with Crippen molar-refractivity contribution in [2.24, 2.45) is 0 Å². The van der Waals surface area contributed by atoms with E-state index in [2.05, 4.69) is 15.2 Å². The number of ether oxygens (including phenoxy) is 1. The van der Waals surface area contributed by atoms with Crippen molar-refractivity contribution in [1.29, 1.82) is 0 Å². The van der Waals surface area contributed by atoms with E-state index in [1.165, 1.54) is 6.20 Å². The van der Waals surface area contributed by atoms with Crippen LogP contribution in [0.5, 0.6) is 5.75 Å². The predicted octanol–water partition coefficient (Wildman–Crippen LogP) is 3.16. The zero-order chi connectivity index (χ0) is 12.4. The Labute approximate surface area is 109 Å². The van der Waals surface area contributed by atoms with Crippen molar-refractivity contribution < 1.29 is 4.74 Å². The van der Waals surface area contributed by atoms with Gasteiger partial charge in [0.1, 0.15) is 5.75 Å². The minimum atomic E-state index is 0.105. The summed E-state index contributed by atoms with van der Waals surface area (Å²) in [4.78, 5) is 4.09. The summed E-state index contributed by atoms with van der Waals surface area (Å²) >= 11 is 11.8. The third-order valence-electron chi connectivity index (χ3n) is 2.31. The number of hydrogen-bond acceptors (Lipinski definition) is 4. The predicted molar refractivity (Wildman–Crippen MR) is 66.6 cm³/mol. The van der Waals surface area contributed by atoms with Gasteiger partial charge in [-0.2, -0.15) is 5.10 Å². The maximum atomic E-state index is 6.07. The van der Waals surface area contributed by atoms with Crippen LogP contribution in [0.3, 0.4) is 0 Å². The van der Waals surface area contributed by atoms with Crippen LogP contribution in [-0.4, -0.2) is 22.3 Å². The lowest BCUT2D eigenvalue weighted by molar-refractivity contribution is 0.415. The number of halogens is 2. The van der Waals surface area contributed by atoms with Gasteiger partial charge in [0.25, 0.3) is 0 Å². The van der Waals surface area contributed by atoms with Crippen molar-refractivity contribution in [2.45, 2.75) is 6.92 Å². The standard InChI is InChI=1S/C11H9Cl2N3O/c1-6-3-10(17-2)8(12)4-7(6)9-5-14-16-11(13)15-9/h3-5H,1-2H3. The molecule has 0 aliphatic carbocycles. The summed E-state index contributed by atoms with van der Waals surface area (Å²) in [6.07, 6.45) is 1.54. The van der Waals surface area contributed by atoms with Gasteiger partial charge in [-0.3, -0.25) is 0 Å². The molecule has 17 heavy (non-hydrogen) atoms. The molecule has 0 spiro atoms. The van der Waals surface area contributed by atoms with Crippen molar-refractivity contribution in [1.82, 2.24) is 15.2 Å². The van der Waals surface area contributed by atoms with Crippen LogP contribution < -0.4 is 4.74 Å². The Bertz CT molecular complexity index is 560. The second-order valence-corrected chi connectivity index (χ2v) is 4.16. The third kappa shape index (κ3) is 2.48. The molecular formula is C11H9Cl2N3O. The smallest absolute Gasteiger partial charge is 0.243 e. The SMILES string of the molecule is COc1cc(C)c(-c2cnnc(Cl)n2)cc1Cl. The van der Waals surface area contributed by atoms with Gasteiger partial charge in [0, 0.05) is 5.56 Å². The van der Waals surface area contributed by atoms with Crippen LogP contribution in [0.25, 0.3) is 11.3 Å². The third-order valence-corrected chi connectivity index (χ3v) is 2.76. The van der Waals surface area contributed by atoms with Crippen molar-refractivity contribution in [3.8, 4) is 17.0 Å². The van der Waals surface area contributed by atoms with E-state index in [-0.39, 0.29) is 5.28 Å². The maximum Gasteiger partial charge on any atom is 0.243 e. The highest BCUT2D eigenvalue weighted by molar-refractivity contribution is 6.32. The first-order chi connectivity index (χ1) is 8.11. The molecule has 0 radical (unpaired) electrons. The molecule has 2 aromatic rings. The van der Waals surface area contributed by atoms with Gasteiger partial charge in [0.15, 0.2) is 0 Å². The van der Waals surface area contributed by atoms with Crippen molar-refractivity contribution >= 4 is 23.2 Å². The Morgan fingerprint density at radius 3 is 2.65 bits per heavy atom. The number of methoxy groups -OCH3 is 1. The lowest BCUT2D eigenvalue weighted by Gasteiger charge is -2.09. The number of benzene rings is 1. The summed E-state index contributed by atoms with van der Waals surface area (Å²) in [5.74, 6) is 0.626. The number of aryl methyl sites for hydroxylation is 1. The van der Waals surface area contributed by atoms with Crippen LogP contribution in [0.1, 0.15) is 5.56 Å². The molecule has 0 aliphatic heterocycles. The minimum Gasteiger partial charge on any atom is -0.495 e. The van der Waals surface area contributed by atoms with Gasteiger partial charge < -0.3 is 4.74 Å². The summed E-state index contributed by atoms with van der Waals surface area (Å²) < 4.78 is 5.13. The highest BCUT2D eigenvalue weighted by Crippen LogP contribution is 2.32. The van der Waals surface area contributed by atoms with E-state index >= 15 is 0 Å². The largest absolute Gasteiger partial charge is 0.495 e. The Balaban J connectivity index is 2.56. The monoisotopic (exact) mass is 269 g/mol. The highest BCUT2D eigenvalue weighted by Gasteiger charge is 2.10. The Morgan fingerprint density at radius 2 is 2.00 bits per heavy atom. The zero-order valence-electron chi connectivity index (χ0n) is 9.24. The van der Waals surface area contributed by atoms with Crippen LogP contribution in [0.4, 0.5) is 0 Å². The molecule has 0 fully saturated rings. The molecule has 0 N–H and O–H groups in total. The second kappa shape index (κ2) is 4.85. The average Bonchev–Trinajstić information content (AvgIpc) is 2.31. The van der Waals surface area contributed by atoms with E-state index in [9.17, 15) is 0 Å². The molecule has 6 heteroatoms. The number of nitrogens with zero attached hydrogens (tertiary/aromatic N) is 3. The van der Waals surface area contributed by atoms with Gasteiger partial charge in [-0.1, -0.05) is 11.6 Å². The van der Waals surface area contributed by atoms with Crippen LogP contribution in [-0.2, 0) is 0 Å². The molecular weight excluding hydrogens is 261 g/mol. The molecule has 1 aromatic carbocycles. The minimum absolute atomic E-state index is 0.105. The topological polar surface area (TPSA) is 47.9 Å². The van der Waals surface area contributed by atoms with Gasteiger partial charge in [0.2, 0.25) is 5.28 Å². The van der Waals surface area contributed by atoms with Crippen LogP contribution >= 0.6 is 23.2 Å². The average molecular weight is 270 g/mol. The summed E-state index contributed by atoms with van der Waals surface area (Å²) in [6, 6.07) is 3.61. The van der Waals surface area contributed by atoms with Crippen LogP contribution in [0.15, 0.2) is 18.3 Å². The molecule has 0 saturated carbocycles. The normalized spacial score (nSPS) is 10.4. The summed E-state index contributed by atoms with van der Waals surface area (Å²) in [6.45, 7) is 1.93. The lowest BCUT2D eigenvalue weighted by Crippen LogP contribution is -1.94. The van der Waals surface area contributed by atoms with Crippen LogP contribution in [0.2, 0.25) is 10.3 Å². The maximum absolute atomic E-state index is 6.07. The molecule has 88 valence electrons. The van der Waals surface area contributed by atoms with E-state index in [0.717, 1.165) is 11.1 Å². The van der Waals surface area contributed by atoms with E-state index in [1.54, 1.807) is 13.2 Å². The molecule has 0 amide bonds. The zero-order valence-corrected chi connectivity index (χ0v) is 10.7. The van der Waals surface area contributed by atoms with Gasteiger partial charge in [-0.25, -0.2) is 4.98 Å². The highest BCUT2D eigenvalue weighted by atomic mass is 35.5. The lowest BCUT2D eigenvalue weighted by atomic mass is 10.1. The Kier molecular flexibility index (Phi) is 3.45. The number of aromatic nitrogens is 3. The first-order valence-corrected chi connectivity index (χ1v) is 5.57. The Morgan fingerprint density at radius 1 is 1.24 bits per heavy atom. The summed E-state index contributed by atoms with van der Waals surface area (Å²) in [7, 11) is 1.57. The van der Waals surface area contributed by atoms with Crippen molar-refractivity contribution in [3.63, 3.8) is 0 Å². The second-order valence-electron chi connectivity index (χ2n) is 3.41. The first kappa shape index (κ1) is 12.1. The molecule has 0 aliphatic rings. The molecule has 0 unspecified atom stereocenters. The fraction of sp³-hybridized carbons (Fsp3) is 0.182. The van der Waals surface area contributed by atoms with E-state index in [0.29, 0.717) is 16.5 Å². The van der Waals surface area contributed by atoms with Gasteiger partial charge in [-0.05, 0) is 36.2 Å². The van der Waals surface area contributed by atoms with Gasteiger partial charge in [0.05, 0.1) is 24.0 Å². The molecule has 0 saturated heterocycles. The van der Waals surface area contributed by atoms with E-state index in [1.807, 2.05) is 13.0 Å². The molecule has 0 atom stereocenters. The molecule has 2 rings (SSSR count). The van der Waals surface area contributed by atoms with E-state index < -0.39 is 0 Å². The fourth-order valence-corrected chi connectivity index (χ4v) is 1.87. The molecule has 0 bridgehead atoms. The van der Waals surface area contributed by atoms with E-state index in [4.69, 9.17) is 27.9 Å². The summed E-state index contributed by atoms with van der Waals surface area (Å²) in [5.41, 5.74) is 2.46. The fourth-order valence-electron chi connectivity index (χ4n) is 1.50. The molecule has 1 aromatic heterocycles.